The Morgan fingerprint density at radius 2 is 1.69 bits per heavy atom. The van der Waals surface area contributed by atoms with E-state index in [1.54, 1.807) is 19.3 Å². The van der Waals surface area contributed by atoms with E-state index in [0.717, 1.165) is 27.9 Å². The third-order valence-electron chi connectivity index (χ3n) is 4.60. The Morgan fingerprint density at radius 1 is 0.897 bits per heavy atom. The van der Waals surface area contributed by atoms with Crippen molar-refractivity contribution in [3.05, 3.63) is 89.9 Å². The van der Waals surface area contributed by atoms with Crippen LogP contribution in [-0.2, 0) is 0 Å². The zero-order valence-electron chi connectivity index (χ0n) is 16.2. The highest BCUT2D eigenvalue weighted by Crippen LogP contribution is 2.25. The first-order chi connectivity index (χ1) is 14.0. The van der Waals surface area contributed by atoms with Crippen molar-refractivity contribution in [2.75, 3.05) is 0 Å². The molecule has 142 valence electrons. The maximum Gasteiger partial charge on any atom is 0.0907 e. The zero-order chi connectivity index (χ0) is 20.4. The average molecular weight is 380 g/mol. The van der Waals surface area contributed by atoms with Crippen molar-refractivity contribution in [1.82, 2.24) is 19.9 Å². The molecule has 3 N–H and O–H groups in total. The Kier molecular flexibility index (Phi) is 4.83. The van der Waals surface area contributed by atoms with Crippen LogP contribution in [0, 0.1) is 12.3 Å². The first kappa shape index (κ1) is 18.4. The fourth-order valence-corrected chi connectivity index (χ4v) is 3.19. The largest absolute Gasteiger partial charge is 0.402 e. The summed E-state index contributed by atoms with van der Waals surface area (Å²) in [4.78, 5) is 17.8. The molecule has 0 amide bonds. The Balaban J connectivity index is 1.81. The van der Waals surface area contributed by atoms with Crippen LogP contribution >= 0.6 is 0 Å². The Morgan fingerprint density at radius 3 is 2.41 bits per heavy atom. The third-order valence-corrected chi connectivity index (χ3v) is 4.60. The molecule has 0 atom stereocenters. The van der Waals surface area contributed by atoms with Gasteiger partial charge >= 0.3 is 0 Å². The molecular formula is C23H20N6. The highest BCUT2D eigenvalue weighted by Gasteiger charge is 2.16. The summed E-state index contributed by atoms with van der Waals surface area (Å²) in [7, 11) is 0. The molecular weight excluding hydrogens is 360 g/mol. The standard InChI is InChI=1S/C23H20N6/c1-14-4-3-5-20(28-14)23(25)22(15(2)24)19-7-6-18-21(29-19)12-17(13-27-18)16-8-10-26-11-9-16/h3-13,25H,24H2,1-2H3/b22-15-,25-23?. The smallest absolute Gasteiger partial charge is 0.0907 e. The topological polar surface area (TPSA) is 101 Å². The normalized spacial score (nSPS) is 11.9. The van der Waals surface area contributed by atoms with Gasteiger partial charge in [-0.25, -0.2) is 4.98 Å². The van der Waals surface area contributed by atoms with Crippen LogP contribution in [0.4, 0.5) is 0 Å². The minimum atomic E-state index is 0.249. The van der Waals surface area contributed by atoms with Crippen LogP contribution in [-0.4, -0.2) is 25.6 Å². The molecule has 0 aromatic carbocycles. The monoisotopic (exact) mass is 380 g/mol. The first-order valence-electron chi connectivity index (χ1n) is 9.20. The summed E-state index contributed by atoms with van der Waals surface area (Å²) >= 11 is 0. The summed E-state index contributed by atoms with van der Waals surface area (Å²) in [5, 5.41) is 8.67. The van der Waals surface area contributed by atoms with E-state index in [2.05, 4.69) is 15.0 Å². The van der Waals surface area contributed by atoms with Crippen LogP contribution < -0.4 is 5.73 Å². The van der Waals surface area contributed by atoms with Gasteiger partial charge in [0.25, 0.3) is 0 Å². The molecule has 4 aromatic heterocycles. The number of fused-ring (bicyclic) bond motifs is 1. The van der Waals surface area contributed by atoms with Gasteiger partial charge in [0.1, 0.15) is 0 Å². The van der Waals surface area contributed by atoms with Gasteiger partial charge in [-0.3, -0.25) is 20.4 Å². The molecule has 0 aliphatic rings. The summed E-state index contributed by atoms with van der Waals surface area (Å²) < 4.78 is 0. The summed E-state index contributed by atoms with van der Waals surface area (Å²) in [6, 6.07) is 15.2. The predicted octanol–water partition coefficient (Wildman–Crippen LogP) is 4.15. The van der Waals surface area contributed by atoms with Gasteiger partial charge in [-0.1, -0.05) is 6.07 Å². The van der Waals surface area contributed by atoms with Gasteiger partial charge in [-0.05, 0) is 61.9 Å². The second-order valence-electron chi connectivity index (χ2n) is 6.79. The van der Waals surface area contributed by atoms with E-state index >= 15 is 0 Å². The minimum absolute atomic E-state index is 0.249. The fourth-order valence-electron chi connectivity index (χ4n) is 3.19. The van der Waals surface area contributed by atoms with Gasteiger partial charge in [-0.15, -0.1) is 0 Å². The van der Waals surface area contributed by atoms with Gasteiger partial charge < -0.3 is 5.73 Å². The second-order valence-corrected chi connectivity index (χ2v) is 6.79. The van der Waals surface area contributed by atoms with Crippen LogP contribution in [0.5, 0.6) is 0 Å². The first-order valence-corrected chi connectivity index (χ1v) is 9.20. The van der Waals surface area contributed by atoms with E-state index in [4.69, 9.17) is 16.1 Å². The maximum atomic E-state index is 8.67. The molecule has 0 saturated carbocycles. The molecule has 0 spiro atoms. The van der Waals surface area contributed by atoms with Crippen molar-refractivity contribution < 1.29 is 0 Å². The van der Waals surface area contributed by atoms with Crippen molar-refractivity contribution in [3.63, 3.8) is 0 Å². The SMILES string of the molecule is C/C(N)=C(/C(=N)c1cccc(C)n1)c1ccc2ncc(-c3ccncc3)cc2n1. The van der Waals surface area contributed by atoms with Crippen LogP contribution in [0.25, 0.3) is 27.7 Å². The van der Waals surface area contributed by atoms with E-state index in [0.29, 0.717) is 22.7 Å². The van der Waals surface area contributed by atoms with Gasteiger partial charge in [0.15, 0.2) is 0 Å². The Labute approximate surface area is 168 Å². The third kappa shape index (κ3) is 3.73. The number of rotatable bonds is 4. The van der Waals surface area contributed by atoms with Crippen molar-refractivity contribution in [2.24, 2.45) is 5.73 Å². The highest BCUT2D eigenvalue weighted by molar-refractivity contribution is 6.29. The van der Waals surface area contributed by atoms with Crippen LogP contribution in [0.3, 0.4) is 0 Å². The van der Waals surface area contributed by atoms with Crippen molar-refractivity contribution in [1.29, 1.82) is 5.41 Å². The van der Waals surface area contributed by atoms with Crippen LogP contribution in [0.15, 0.2) is 72.8 Å². The molecule has 0 aliphatic heterocycles. The lowest BCUT2D eigenvalue weighted by atomic mass is 10.0. The molecule has 0 fully saturated rings. The lowest BCUT2D eigenvalue weighted by molar-refractivity contribution is 1.17. The Bertz CT molecular complexity index is 1240. The lowest BCUT2D eigenvalue weighted by Gasteiger charge is -2.12. The van der Waals surface area contributed by atoms with Gasteiger partial charge in [-0.2, -0.15) is 0 Å². The summed E-state index contributed by atoms with van der Waals surface area (Å²) in [6.07, 6.45) is 5.32. The van der Waals surface area contributed by atoms with Crippen molar-refractivity contribution in [2.45, 2.75) is 13.8 Å². The summed E-state index contributed by atoms with van der Waals surface area (Å²) in [5.41, 5.74) is 13.0. The average Bonchev–Trinajstić information content (AvgIpc) is 2.73. The van der Waals surface area contributed by atoms with Gasteiger partial charge in [0.05, 0.1) is 28.1 Å². The summed E-state index contributed by atoms with van der Waals surface area (Å²) in [5.74, 6) is 0. The fraction of sp³-hybridized carbons (Fsp3) is 0.0870. The summed E-state index contributed by atoms with van der Waals surface area (Å²) in [6.45, 7) is 3.67. The number of aryl methyl sites for hydroxylation is 1. The minimum Gasteiger partial charge on any atom is -0.402 e. The van der Waals surface area contributed by atoms with Gasteiger partial charge in [0, 0.05) is 41.1 Å². The van der Waals surface area contributed by atoms with Gasteiger partial charge in [0.2, 0.25) is 0 Å². The number of aromatic nitrogens is 4. The van der Waals surface area contributed by atoms with E-state index in [1.807, 2.05) is 61.7 Å². The van der Waals surface area contributed by atoms with E-state index < -0.39 is 0 Å². The van der Waals surface area contributed by atoms with Crippen LogP contribution in [0.2, 0.25) is 0 Å². The number of nitrogens with zero attached hydrogens (tertiary/aromatic N) is 4. The van der Waals surface area contributed by atoms with Crippen molar-refractivity contribution >= 4 is 22.3 Å². The molecule has 0 unspecified atom stereocenters. The molecule has 4 rings (SSSR count). The molecule has 4 aromatic rings. The highest BCUT2D eigenvalue weighted by atomic mass is 14.8. The molecule has 4 heterocycles. The van der Waals surface area contributed by atoms with Crippen LogP contribution in [0.1, 0.15) is 24.0 Å². The quantitative estimate of drug-likeness (QED) is 0.518. The number of pyridine rings is 4. The lowest BCUT2D eigenvalue weighted by Crippen LogP contribution is -2.12. The van der Waals surface area contributed by atoms with E-state index in [1.165, 1.54) is 0 Å². The Hall–Kier alpha value is -3.93. The van der Waals surface area contributed by atoms with E-state index in [-0.39, 0.29) is 5.71 Å². The predicted molar refractivity (Wildman–Crippen MR) is 115 cm³/mol. The molecule has 0 saturated heterocycles. The number of hydrogen-bond donors (Lipinski definition) is 2. The zero-order valence-corrected chi connectivity index (χ0v) is 16.2. The molecule has 0 radical (unpaired) electrons. The number of allylic oxidation sites excluding steroid dienone is 2. The maximum absolute atomic E-state index is 8.67. The molecule has 6 nitrogen and oxygen atoms in total. The molecule has 6 heteroatoms. The molecule has 29 heavy (non-hydrogen) atoms. The molecule has 0 bridgehead atoms. The second kappa shape index (κ2) is 7.59. The number of nitrogens with two attached hydrogens (primary N) is 1. The number of hydrogen-bond acceptors (Lipinski definition) is 6. The van der Waals surface area contributed by atoms with Crippen molar-refractivity contribution in [3.8, 4) is 11.1 Å². The number of nitrogens with one attached hydrogen (secondary N) is 1. The molecule has 0 aliphatic carbocycles. The van der Waals surface area contributed by atoms with E-state index in [9.17, 15) is 0 Å².